The topological polar surface area (TPSA) is 42.0 Å². The van der Waals surface area contributed by atoms with Crippen molar-refractivity contribution in [2.24, 2.45) is 0 Å². The zero-order valence-electron chi connectivity index (χ0n) is 19.6. The van der Waals surface area contributed by atoms with E-state index in [-0.39, 0.29) is 11.6 Å². The third kappa shape index (κ3) is 6.37. The third-order valence-electron chi connectivity index (χ3n) is 6.90. The monoisotopic (exact) mass is 514 g/mol. The molecule has 2 heterocycles. The molecule has 0 amide bonds. The van der Waals surface area contributed by atoms with Crippen LogP contribution in [0.3, 0.4) is 0 Å². The van der Waals surface area contributed by atoms with Crippen LogP contribution in [-0.2, 0) is 15.9 Å². The highest BCUT2D eigenvalue weighted by Crippen LogP contribution is 2.34. The van der Waals surface area contributed by atoms with Crippen molar-refractivity contribution in [3.8, 4) is 0 Å². The molecule has 0 N–H and O–H groups in total. The second-order valence-corrected chi connectivity index (χ2v) is 9.96. The summed E-state index contributed by atoms with van der Waals surface area (Å²) >= 11 is 3.74. The summed E-state index contributed by atoms with van der Waals surface area (Å²) in [7, 11) is 0. The summed E-state index contributed by atoms with van der Waals surface area (Å²) in [5.74, 6) is -0.262. The van der Waals surface area contributed by atoms with Crippen LogP contribution >= 0.6 is 15.9 Å². The Kier molecular flexibility index (Phi) is 8.45. The molecule has 178 valence electrons. The first-order chi connectivity index (χ1) is 16.1. The Balaban J connectivity index is 1.41. The predicted molar refractivity (Wildman–Crippen MR) is 136 cm³/mol. The Morgan fingerprint density at radius 2 is 1.70 bits per heavy atom. The van der Waals surface area contributed by atoms with Gasteiger partial charge in [-0.25, -0.2) is 4.79 Å². The van der Waals surface area contributed by atoms with Gasteiger partial charge in [-0.3, -0.25) is 0 Å². The molecule has 2 aromatic rings. The largest absolute Gasteiger partial charge is 0.462 e. The van der Waals surface area contributed by atoms with Gasteiger partial charge in [-0.15, -0.1) is 0 Å². The van der Waals surface area contributed by atoms with Gasteiger partial charge in [-0.1, -0.05) is 34.1 Å². The minimum atomic E-state index is -0.262. The molecular formula is C27H35BrN2O3. The highest BCUT2D eigenvalue weighted by molar-refractivity contribution is 9.10. The molecule has 0 aliphatic carbocycles. The number of nitrogens with zero attached hydrogens (tertiary/aromatic N) is 2. The summed E-state index contributed by atoms with van der Waals surface area (Å²) in [6.07, 6.45) is 5.50. The van der Waals surface area contributed by atoms with Crippen LogP contribution in [0, 0.1) is 0 Å². The van der Waals surface area contributed by atoms with E-state index in [1.165, 1.54) is 31.5 Å². The van der Waals surface area contributed by atoms with Crippen molar-refractivity contribution in [3.63, 3.8) is 0 Å². The van der Waals surface area contributed by atoms with E-state index in [1.807, 2.05) is 31.2 Å². The number of benzene rings is 2. The molecule has 2 fully saturated rings. The van der Waals surface area contributed by atoms with Crippen molar-refractivity contribution in [1.82, 2.24) is 4.90 Å². The molecule has 0 aromatic heterocycles. The highest BCUT2D eigenvalue weighted by atomic mass is 79.9. The fraction of sp³-hybridized carbons (Fsp3) is 0.519. The van der Waals surface area contributed by atoms with Crippen LogP contribution in [0.5, 0.6) is 0 Å². The van der Waals surface area contributed by atoms with Gasteiger partial charge in [0.2, 0.25) is 0 Å². The molecule has 0 unspecified atom stereocenters. The van der Waals surface area contributed by atoms with Gasteiger partial charge in [0.05, 0.1) is 24.4 Å². The van der Waals surface area contributed by atoms with Gasteiger partial charge in [-0.05, 0) is 81.6 Å². The summed E-state index contributed by atoms with van der Waals surface area (Å²) in [6.45, 7) is 8.32. The zero-order valence-corrected chi connectivity index (χ0v) is 21.2. The van der Waals surface area contributed by atoms with Crippen molar-refractivity contribution in [2.45, 2.75) is 44.6 Å². The smallest absolute Gasteiger partial charge is 0.338 e. The maximum atomic E-state index is 12.0. The fourth-order valence-electron chi connectivity index (χ4n) is 4.95. The lowest BCUT2D eigenvalue weighted by Crippen LogP contribution is -2.48. The van der Waals surface area contributed by atoms with E-state index < -0.39 is 0 Å². The molecule has 4 rings (SSSR count). The zero-order chi connectivity index (χ0) is 23.1. The second-order valence-electron chi connectivity index (χ2n) is 9.10. The Morgan fingerprint density at radius 3 is 2.36 bits per heavy atom. The molecule has 6 heteroatoms. The number of esters is 1. The Bertz CT molecular complexity index is 904. The number of rotatable bonds is 9. The van der Waals surface area contributed by atoms with Crippen molar-refractivity contribution >= 4 is 27.6 Å². The summed E-state index contributed by atoms with van der Waals surface area (Å²) < 4.78 is 13.0. The fourth-order valence-corrected chi connectivity index (χ4v) is 5.38. The van der Waals surface area contributed by atoms with Crippen LogP contribution in [-0.4, -0.2) is 62.4 Å². The van der Waals surface area contributed by atoms with E-state index in [0.717, 1.165) is 55.7 Å². The third-order valence-corrected chi connectivity index (χ3v) is 7.68. The van der Waals surface area contributed by atoms with Crippen molar-refractivity contribution in [3.05, 3.63) is 64.1 Å². The molecule has 0 spiro atoms. The number of piperidine rings is 1. The predicted octanol–water partition coefficient (Wildman–Crippen LogP) is 5.32. The molecule has 0 atom stereocenters. The number of ether oxygens (including phenoxy) is 2. The molecular weight excluding hydrogens is 480 g/mol. The Morgan fingerprint density at radius 1 is 1.00 bits per heavy atom. The summed E-state index contributed by atoms with van der Waals surface area (Å²) in [6, 6.07) is 16.3. The van der Waals surface area contributed by atoms with Crippen molar-refractivity contribution in [1.29, 1.82) is 0 Å². The summed E-state index contributed by atoms with van der Waals surface area (Å²) in [5.41, 5.74) is 2.91. The molecule has 2 aliphatic rings. The maximum Gasteiger partial charge on any atom is 0.338 e. The van der Waals surface area contributed by atoms with Gasteiger partial charge in [0.15, 0.2) is 0 Å². The molecule has 0 saturated carbocycles. The second kappa shape index (κ2) is 11.5. The number of hydrogen-bond donors (Lipinski definition) is 0. The van der Waals surface area contributed by atoms with Gasteiger partial charge in [0.25, 0.3) is 0 Å². The number of hydrogen-bond acceptors (Lipinski definition) is 5. The molecule has 5 nitrogen and oxygen atoms in total. The van der Waals surface area contributed by atoms with E-state index in [2.05, 4.69) is 50.0 Å². The molecule has 2 saturated heterocycles. The molecule has 0 radical (unpaired) electrons. The normalized spacial score (nSPS) is 18.4. The Hall–Kier alpha value is -1.89. The van der Waals surface area contributed by atoms with Crippen molar-refractivity contribution in [2.75, 3.05) is 50.8 Å². The quantitative estimate of drug-likeness (QED) is 0.423. The van der Waals surface area contributed by atoms with Crippen LogP contribution in [0.4, 0.5) is 5.69 Å². The van der Waals surface area contributed by atoms with Crippen LogP contribution < -0.4 is 4.90 Å². The number of likely N-dealkylation sites (tertiary alicyclic amines) is 1. The van der Waals surface area contributed by atoms with Gasteiger partial charge >= 0.3 is 5.97 Å². The first kappa shape index (κ1) is 24.2. The number of halogens is 1. The lowest BCUT2D eigenvalue weighted by Gasteiger charge is -2.43. The average molecular weight is 515 g/mol. The molecule has 0 bridgehead atoms. The van der Waals surface area contributed by atoms with E-state index >= 15 is 0 Å². The van der Waals surface area contributed by atoms with E-state index in [0.29, 0.717) is 12.2 Å². The van der Waals surface area contributed by atoms with Crippen molar-refractivity contribution < 1.29 is 14.3 Å². The summed E-state index contributed by atoms with van der Waals surface area (Å²) in [4.78, 5) is 16.9. The first-order valence-corrected chi connectivity index (χ1v) is 13.0. The lowest BCUT2D eigenvalue weighted by atomic mass is 9.84. The number of carbonyl (C=O) groups excluding carboxylic acids is 1. The van der Waals surface area contributed by atoms with E-state index in [9.17, 15) is 4.79 Å². The SMILES string of the molecule is CCOC(=O)c1ccc(N2CCC(Cc3ccccc3Br)(OCCN3CCCC3)CC2)cc1. The Labute approximate surface area is 206 Å². The van der Waals surface area contributed by atoms with E-state index in [4.69, 9.17) is 9.47 Å². The lowest BCUT2D eigenvalue weighted by molar-refractivity contribution is -0.0665. The minimum Gasteiger partial charge on any atom is -0.462 e. The van der Waals surface area contributed by atoms with Crippen LogP contribution in [0.1, 0.15) is 48.5 Å². The van der Waals surface area contributed by atoms with Crippen LogP contribution in [0.2, 0.25) is 0 Å². The first-order valence-electron chi connectivity index (χ1n) is 12.2. The minimum absolute atomic E-state index is 0.148. The average Bonchev–Trinajstić information content (AvgIpc) is 3.35. The van der Waals surface area contributed by atoms with Gasteiger partial charge in [0, 0.05) is 36.2 Å². The highest BCUT2D eigenvalue weighted by Gasteiger charge is 2.36. The van der Waals surface area contributed by atoms with Gasteiger partial charge in [0.1, 0.15) is 0 Å². The summed E-state index contributed by atoms with van der Waals surface area (Å²) in [5, 5.41) is 0. The van der Waals surface area contributed by atoms with Gasteiger partial charge < -0.3 is 19.3 Å². The molecule has 2 aromatic carbocycles. The van der Waals surface area contributed by atoms with Gasteiger partial charge in [-0.2, -0.15) is 0 Å². The van der Waals surface area contributed by atoms with Crippen LogP contribution in [0.25, 0.3) is 0 Å². The molecule has 33 heavy (non-hydrogen) atoms. The molecule has 2 aliphatic heterocycles. The standard InChI is InChI=1S/C27H35BrN2O3/c1-2-32-26(31)22-9-11-24(12-10-22)30-17-13-27(14-18-30,21-23-7-3-4-8-25(23)28)33-20-19-29-15-5-6-16-29/h3-4,7-12H,2,5-6,13-21H2,1H3. The maximum absolute atomic E-state index is 12.0. The van der Waals surface area contributed by atoms with Crippen LogP contribution in [0.15, 0.2) is 53.0 Å². The number of carbonyl (C=O) groups is 1. The van der Waals surface area contributed by atoms with E-state index in [1.54, 1.807) is 0 Å². The number of anilines is 1.